The first-order chi connectivity index (χ1) is 82.8. The van der Waals surface area contributed by atoms with E-state index in [4.69, 9.17) is 37.9 Å². The Hall–Kier alpha value is -18.5. The molecule has 0 atom stereocenters. The second-order valence-corrected chi connectivity index (χ2v) is 34.9. The summed E-state index contributed by atoms with van der Waals surface area (Å²) < 4.78 is 300. The topological polar surface area (TPSA) is 39.4 Å². The van der Waals surface area contributed by atoms with Crippen LogP contribution in [0.1, 0.15) is 42.5 Å². The molecule has 0 bridgehead atoms. The summed E-state index contributed by atoms with van der Waals surface area (Å²) in [6, 6.07) is 86.4. The molecule has 3 nitrogen and oxygen atoms in total. The molecule has 654 valence electrons. The van der Waals surface area contributed by atoms with E-state index in [2.05, 4.69) is 24.3 Å². The molecule has 0 amide bonds. The molecule has 141 heavy (non-hydrogen) atoms. The highest BCUT2D eigenvalue weighted by molar-refractivity contribution is 6.30. The molecule has 3 aromatic heterocycles. The Morgan fingerprint density at radius 3 is 0.773 bits per heavy atom. The van der Waals surface area contributed by atoms with Crippen LogP contribution in [0.15, 0.2) is 522 Å². The van der Waals surface area contributed by atoms with Gasteiger partial charge < -0.3 is 13.3 Å². The summed E-state index contributed by atoms with van der Waals surface area (Å²) in [5, 5.41) is 15.2. The zero-order valence-corrected chi connectivity index (χ0v) is 74.3. The highest BCUT2D eigenvalue weighted by atomic mass is 16.3. The molecule has 0 aliphatic rings. The highest BCUT2D eigenvalue weighted by Gasteiger charge is 2.27. The fraction of sp³-hybridized carbons (Fsp3) is 0. The van der Waals surface area contributed by atoms with Gasteiger partial charge in [0.05, 0.1) is 42.5 Å². The van der Waals surface area contributed by atoms with Gasteiger partial charge >= 0.3 is 0 Å². The second kappa shape index (κ2) is 33.2. The minimum Gasteiger partial charge on any atom is -0.456 e. The van der Waals surface area contributed by atoms with Crippen molar-refractivity contribution in [3.63, 3.8) is 0 Å². The molecule has 0 spiro atoms. The Labute approximate surface area is 855 Å². The predicted octanol–water partition coefficient (Wildman–Crippen LogP) is 39.6. The number of fused-ring (bicyclic) bond motifs is 24. The van der Waals surface area contributed by atoms with E-state index in [9.17, 15) is 17.8 Å². The van der Waals surface area contributed by atoms with E-state index in [-0.39, 0.29) is 124 Å². The van der Waals surface area contributed by atoms with Gasteiger partial charge in [-0.05, 0) is 290 Å². The van der Waals surface area contributed by atoms with Crippen molar-refractivity contribution >= 4 is 195 Å². The summed E-state index contributed by atoms with van der Waals surface area (Å²) in [7, 11) is 0. The summed E-state index contributed by atoms with van der Waals surface area (Å²) in [5.74, 6) is 0. The summed E-state index contributed by atoms with van der Waals surface area (Å²) in [4.78, 5) is 0. The number of furan rings is 3. The maximum absolute atomic E-state index is 9.48. The zero-order valence-electron chi connectivity index (χ0n) is 105. The predicted molar refractivity (Wildman–Crippen MR) is 600 cm³/mol. The van der Waals surface area contributed by atoms with Gasteiger partial charge in [-0.2, -0.15) is 0 Å². The summed E-state index contributed by atoms with van der Waals surface area (Å²) in [6.45, 7) is 0. The smallest absolute Gasteiger partial charge is 0.136 e. The van der Waals surface area contributed by atoms with Crippen LogP contribution in [0.2, 0.25) is 0 Å². The van der Waals surface area contributed by atoms with Crippen LogP contribution in [-0.4, -0.2) is 0 Å². The normalized spacial score (nSPS) is 14.9. The Balaban J connectivity index is 0.000000119. The average molecular weight is 1820 g/mol. The number of hydrogen-bond donors (Lipinski definition) is 0. The van der Waals surface area contributed by atoms with Crippen molar-refractivity contribution in [2.24, 2.45) is 0 Å². The summed E-state index contributed by atoms with van der Waals surface area (Å²) >= 11 is 0. The van der Waals surface area contributed by atoms with Crippen LogP contribution in [0.3, 0.4) is 0 Å². The lowest BCUT2D eigenvalue weighted by molar-refractivity contribution is 0.669. The molecule has 27 aromatic carbocycles. The lowest BCUT2D eigenvalue weighted by atomic mass is 9.83. The van der Waals surface area contributed by atoms with Crippen LogP contribution in [0, 0.1) is 0 Å². The SMILES string of the molecule is [2H]c1c([2H])c([2H])c2c(-c3c4c([2H])c([2H])c([2H])c([2H])c4c(-c4ccccc4-c4ccc5c(c4)oc4ccc6ccccc6c45)c4c([2H])c([2H])c([2H])c([2H])c34)c([2H])c([2H])c([2H])c2c1[2H].[2H]c1c([2H])c([2H])c2c(-c3cccc4ccccc34)c3c([2H])c([2H])c([2H])c([2H])c3c(-c3ccccc3-c3ccc4c(c3)oc3ccc5ccccc5c34)c2c1[2H].[2H]c1c([2H])c([2H])c2c(-c3ccccc3-c3ccc4c(c3)oc3ccc5ccccc5c34)c3c([2H])c([2H])c([2H])c([2H])c3c(-c3ccc4ccccc4c3)c2c1[2H]. The molecule has 3 heterocycles. The fourth-order valence-electron chi connectivity index (χ4n) is 21.3. The van der Waals surface area contributed by atoms with Gasteiger partial charge in [0.2, 0.25) is 0 Å². The first-order valence-corrected chi connectivity index (χ1v) is 46.0. The first-order valence-electron chi connectivity index (χ1n) is 61.5. The van der Waals surface area contributed by atoms with Crippen LogP contribution in [-0.2, 0) is 0 Å². The molecule has 0 saturated carbocycles. The number of rotatable bonds is 9. The largest absolute Gasteiger partial charge is 0.456 e. The van der Waals surface area contributed by atoms with Gasteiger partial charge in [0.1, 0.15) is 33.5 Å². The van der Waals surface area contributed by atoms with Crippen molar-refractivity contribution in [2.75, 3.05) is 0 Å². The van der Waals surface area contributed by atoms with Crippen molar-refractivity contribution in [1.82, 2.24) is 0 Å². The van der Waals surface area contributed by atoms with Gasteiger partial charge in [0.15, 0.2) is 0 Å². The molecule has 0 N–H and O–H groups in total. The van der Waals surface area contributed by atoms with E-state index in [0.717, 1.165) is 108 Å². The van der Waals surface area contributed by atoms with Crippen molar-refractivity contribution in [3.8, 4) is 100 Å². The fourth-order valence-corrected chi connectivity index (χ4v) is 21.3. The molecule has 0 aliphatic carbocycles. The Bertz CT molecular complexity index is 12200. The molecule has 0 aliphatic heterocycles. The average Bonchev–Trinajstić information content (AvgIpc) is 1.05. The van der Waals surface area contributed by atoms with E-state index in [1.165, 1.54) is 0 Å². The molecule has 0 fully saturated rings. The maximum Gasteiger partial charge on any atom is 0.136 e. The summed E-state index contributed by atoms with van der Waals surface area (Å²) in [5.41, 5.74) is 11.3. The number of hydrogen-bond acceptors (Lipinski definition) is 3. The van der Waals surface area contributed by atoms with E-state index in [1.807, 2.05) is 273 Å². The van der Waals surface area contributed by atoms with Gasteiger partial charge in [-0.25, -0.2) is 0 Å². The quantitative estimate of drug-likeness (QED) is 0.135. The van der Waals surface area contributed by atoms with Crippen molar-refractivity contribution in [2.45, 2.75) is 0 Å². The van der Waals surface area contributed by atoms with Crippen LogP contribution in [0.5, 0.6) is 0 Å². The molecular weight excluding hydrogens is 1710 g/mol. The third-order valence-corrected chi connectivity index (χ3v) is 27.4. The minimum absolute atomic E-state index is 0.0185. The van der Waals surface area contributed by atoms with Crippen molar-refractivity contribution < 1.29 is 55.7 Å². The minimum atomic E-state index is -0.760. The second-order valence-electron chi connectivity index (χ2n) is 34.9. The van der Waals surface area contributed by atoms with E-state index < -0.39 is 155 Å². The molecular formula is C138H84O3. The highest BCUT2D eigenvalue weighted by Crippen LogP contribution is 2.54. The van der Waals surface area contributed by atoms with Crippen molar-refractivity contribution in [1.29, 1.82) is 0 Å². The van der Waals surface area contributed by atoms with Gasteiger partial charge in [-0.1, -0.05) is 448 Å². The lowest BCUT2D eigenvalue weighted by Gasteiger charge is -2.20. The van der Waals surface area contributed by atoms with E-state index >= 15 is 0 Å². The van der Waals surface area contributed by atoms with Gasteiger partial charge in [-0.3, -0.25) is 0 Å². The van der Waals surface area contributed by atoms with Crippen LogP contribution in [0.4, 0.5) is 0 Å². The Kier molecular flexibility index (Phi) is 13.1. The maximum atomic E-state index is 9.48. The van der Waals surface area contributed by atoms with Crippen LogP contribution >= 0.6 is 0 Å². The standard InChI is InChI=1S/3C46H28O/c2*1-3-15-32-29(12-1)14-11-23-36(32)45-39-21-9-7-19-37(39)44(38-20-8-10-22-40(38)45)35-18-6-5-16-33(35)31-24-26-41-43(28-31)47-42-27-25-30-13-2-4-17-34(30)46(41)42;1-2-13-31-27-33(22-21-29(31)11-1)44-37-17-7-9-19-39(37)45(40-20-10-8-18-38(40)44)36-16-6-5-14-34(36)32-23-25-41-43(28-32)47-42-26-24-30-12-3-4-15-35(30)46(41)42/h3*1-28H/i1D,3D,7D,8D,9D,10D,11D,12D,14D,15D,19D,20D,21D,22D,23D;7D,8D,9D,10D,19D,20D,21D,22D;7D,8D,9D,10D,17D,18D,19D,20D. The Morgan fingerprint density at radius 2 is 0.390 bits per heavy atom. The van der Waals surface area contributed by atoms with Crippen LogP contribution < -0.4 is 0 Å². The monoisotopic (exact) mass is 1820 g/mol. The number of benzene rings is 27. The molecule has 3 heteroatoms. The first kappa shape index (κ1) is 55.5. The van der Waals surface area contributed by atoms with Crippen LogP contribution in [0.25, 0.3) is 295 Å². The third kappa shape index (κ3) is 13.3. The van der Waals surface area contributed by atoms with Gasteiger partial charge in [0.25, 0.3) is 0 Å². The molecule has 0 unspecified atom stereocenters. The summed E-state index contributed by atoms with van der Waals surface area (Å²) in [6.07, 6.45) is 0. The molecule has 30 rings (SSSR count). The third-order valence-electron chi connectivity index (χ3n) is 27.4. The molecule has 0 radical (unpaired) electrons. The lowest BCUT2D eigenvalue weighted by Crippen LogP contribution is -1.93. The van der Waals surface area contributed by atoms with Crippen molar-refractivity contribution in [3.05, 3.63) is 509 Å². The van der Waals surface area contributed by atoms with E-state index in [1.54, 1.807) is 24.3 Å². The van der Waals surface area contributed by atoms with E-state index in [0.29, 0.717) is 94.7 Å². The van der Waals surface area contributed by atoms with Gasteiger partial charge in [0, 0.05) is 32.3 Å². The zero-order chi connectivity index (χ0) is 120. The van der Waals surface area contributed by atoms with Gasteiger partial charge in [-0.15, -0.1) is 0 Å². The Morgan fingerprint density at radius 1 is 0.128 bits per heavy atom. The molecule has 30 aromatic rings. The molecule has 0 saturated heterocycles.